The minimum Gasteiger partial charge on any atom is -0.307 e. The number of hydrogen-bond donors (Lipinski definition) is 1. The molecule has 102 valence electrons. The van der Waals surface area contributed by atoms with Crippen LogP contribution < -0.4 is 5.32 Å². The molecule has 3 nitrogen and oxygen atoms in total. The fraction of sp³-hybridized carbons (Fsp3) is 0. The first-order chi connectivity index (χ1) is 10.3. The predicted octanol–water partition coefficient (Wildman–Crippen LogP) is 3.89. The van der Waals surface area contributed by atoms with Crippen molar-refractivity contribution in [2.75, 3.05) is 5.32 Å². The highest BCUT2D eigenvalue weighted by molar-refractivity contribution is 6.01. The second-order valence-electron chi connectivity index (χ2n) is 4.62. The maximum atomic E-state index is 11.9. The van der Waals surface area contributed by atoms with Crippen LogP contribution in [0, 0.1) is 0 Å². The van der Waals surface area contributed by atoms with Gasteiger partial charge in [0.2, 0.25) is 5.91 Å². The molecule has 0 radical (unpaired) electrons. The van der Waals surface area contributed by atoms with Gasteiger partial charge < -0.3 is 5.32 Å². The number of aromatic nitrogens is 1. The number of amides is 1. The smallest absolute Gasteiger partial charge is 0.249 e. The van der Waals surface area contributed by atoms with E-state index in [1.54, 1.807) is 12.1 Å². The van der Waals surface area contributed by atoms with Gasteiger partial charge in [-0.05, 0) is 29.8 Å². The molecule has 3 aromatic rings. The number of para-hydroxylation sites is 1. The van der Waals surface area contributed by atoms with Gasteiger partial charge in [0.15, 0.2) is 0 Å². The number of carbonyl (C=O) groups excluding carboxylic acids is 1. The monoisotopic (exact) mass is 274 g/mol. The summed E-state index contributed by atoms with van der Waals surface area (Å²) >= 11 is 0. The highest BCUT2D eigenvalue weighted by atomic mass is 16.1. The van der Waals surface area contributed by atoms with Gasteiger partial charge in [-0.3, -0.25) is 4.79 Å². The Bertz CT molecular complexity index is 794. The van der Waals surface area contributed by atoms with Gasteiger partial charge in [-0.1, -0.05) is 48.5 Å². The number of benzene rings is 2. The number of pyridine rings is 1. The molecule has 3 heteroatoms. The molecule has 0 unspecified atom stereocenters. The van der Waals surface area contributed by atoms with E-state index in [1.807, 2.05) is 60.7 Å². The number of anilines is 1. The van der Waals surface area contributed by atoms with Crippen molar-refractivity contribution >= 4 is 28.7 Å². The number of fused-ring (bicyclic) bond motifs is 1. The summed E-state index contributed by atoms with van der Waals surface area (Å²) in [6.45, 7) is 0. The quantitative estimate of drug-likeness (QED) is 0.736. The van der Waals surface area contributed by atoms with Gasteiger partial charge in [0, 0.05) is 11.5 Å². The second-order valence-corrected chi connectivity index (χ2v) is 4.62. The van der Waals surface area contributed by atoms with E-state index in [9.17, 15) is 4.79 Å². The highest BCUT2D eigenvalue weighted by Gasteiger charge is 2.00. The molecular weight excluding hydrogens is 260 g/mol. The fourth-order valence-corrected chi connectivity index (χ4v) is 2.04. The van der Waals surface area contributed by atoms with Crippen molar-refractivity contribution in [2.45, 2.75) is 0 Å². The average molecular weight is 274 g/mol. The molecule has 0 aliphatic carbocycles. The van der Waals surface area contributed by atoms with Crippen molar-refractivity contribution in [2.24, 2.45) is 0 Å². The summed E-state index contributed by atoms with van der Waals surface area (Å²) in [5, 5.41) is 3.82. The van der Waals surface area contributed by atoms with Gasteiger partial charge >= 0.3 is 0 Å². The molecule has 0 spiro atoms. The van der Waals surface area contributed by atoms with Crippen molar-refractivity contribution in [3.8, 4) is 0 Å². The van der Waals surface area contributed by atoms with Crippen LogP contribution in [0.15, 0.2) is 72.8 Å². The van der Waals surface area contributed by atoms with E-state index in [0.29, 0.717) is 5.82 Å². The number of hydrogen-bond acceptors (Lipinski definition) is 2. The summed E-state index contributed by atoms with van der Waals surface area (Å²) in [6.07, 6.45) is 3.28. The first-order valence-electron chi connectivity index (χ1n) is 6.71. The highest BCUT2D eigenvalue weighted by Crippen LogP contribution is 2.14. The molecule has 1 amide bonds. The number of rotatable bonds is 3. The number of nitrogens with zero attached hydrogens (tertiary/aromatic N) is 1. The molecule has 0 bridgehead atoms. The Morgan fingerprint density at radius 1 is 0.905 bits per heavy atom. The minimum absolute atomic E-state index is 0.193. The van der Waals surface area contributed by atoms with Crippen LogP contribution in [-0.2, 0) is 4.79 Å². The summed E-state index contributed by atoms with van der Waals surface area (Å²) < 4.78 is 0. The number of carbonyl (C=O) groups is 1. The number of nitrogens with one attached hydrogen (secondary N) is 1. The summed E-state index contributed by atoms with van der Waals surface area (Å²) in [4.78, 5) is 16.3. The van der Waals surface area contributed by atoms with Crippen LogP contribution in [-0.4, -0.2) is 10.9 Å². The van der Waals surface area contributed by atoms with E-state index in [2.05, 4.69) is 10.3 Å². The minimum atomic E-state index is -0.193. The topological polar surface area (TPSA) is 42.0 Å². The predicted molar refractivity (Wildman–Crippen MR) is 85.8 cm³/mol. The first-order valence-corrected chi connectivity index (χ1v) is 6.71. The van der Waals surface area contributed by atoms with Crippen LogP contribution in [0.3, 0.4) is 0 Å². The molecule has 0 saturated heterocycles. The second kappa shape index (κ2) is 6.01. The van der Waals surface area contributed by atoms with Crippen molar-refractivity contribution in [1.82, 2.24) is 4.98 Å². The molecule has 0 atom stereocenters. The van der Waals surface area contributed by atoms with E-state index in [0.717, 1.165) is 16.5 Å². The maximum Gasteiger partial charge on any atom is 0.249 e. The molecule has 0 aliphatic heterocycles. The molecule has 21 heavy (non-hydrogen) atoms. The summed E-state index contributed by atoms with van der Waals surface area (Å²) in [5.74, 6) is 0.359. The Balaban J connectivity index is 1.73. The lowest BCUT2D eigenvalue weighted by Crippen LogP contribution is -2.09. The van der Waals surface area contributed by atoms with E-state index in [4.69, 9.17) is 0 Å². The zero-order valence-corrected chi connectivity index (χ0v) is 11.4. The molecule has 0 saturated carbocycles. The lowest BCUT2D eigenvalue weighted by Gasteiger charge is -2.03. The zero-order valence-electron chi connectivity index (χ0n) is 11.4. The van der Waals surface area contributed by atoms with Crippen molar-refractivity contribution < 1.29 is 4.79 Å². The van der Waals surface area contributed by atoms with Crippen LogP contribution >= 0.6 is 0 Å². The summed E-state index contributed by atoms with van der Waals surface area (Å²) in [5.41, 5.74) is 1.85. The fourth-order valence-electron chi connectivity index (χ4n) is 2.04. The van der Waals surface area contributed by atoms with Gasteiger partial charge in [0.05, 0.1) is 5.52 Å². The maximum absolute atomic E-state index is 11.9. The Morgan fingerprint density at radius 2 is 1.67 bits per heavy atom. The third-order valence-corrected chi connectivity index (χ3v) is 3.08. The lowest BCUT2D eigenvalue weighted by atomic mass is 10.2. The SMILES string of the molecule is O=C(C=Cc1ccccc1)Nc1ccc2ccccc2n1. The Hall–Kier alpha value is -2.94. The third kappa shape index (κ3) is 3.34. The Kier molecular flexibility index (Phi) is 3.74. The first kappa shape index (κ1) is 13.1. The summed E-state index contributed by atoms with van der Waals surface area (Å²) in [6, 6.07) is 21.2. The van der Waals surface area contributed by atoms with E-state index < -0.39 is 0 Å². The van der Waals surface area contributed by atoms with Crippen molar-refractivity contribution in [3.05, 3.63) is 78.4 Å². The molecular formula is C18H14N2O. The van der Waals surface area contributed by atoms with Crippen LogP contribution in [0.4, 0.5) is 5.82 Å². The van der Waals surface area contributed by atoms with Crippen molar-refractivity contribution in [3.63, 3.8) is 0 Å². The molecule has 1 aromatic heterocycles. The molecule has 1 N–H and O–H groups in total. The van der Waals surface area contributed by atoms with Crippen molar-refractivity contribution in [1.29, 1.82) is 0 Å². The van der Waals surface area contributed by atoms with Gasteiger partial charge in [-0.2, -0.15) is 0 Å². The molecule has 0 fully saturated rings. The molecule has 0 aliphatic rings. The van der Waals surface area contributed by atoms with Gasteiger partial charge in [-0.15, -0.1) is 0 Å². The Morgan fingerprint density at radius 3 is 2.52 bits per heavy atom. The van der Waals surface area contributed by atoms with E-state index in [1.165, 1.54) is 6.08 Å². The summed E-state index contributed by atoms with van der Waals surface area (Å²) in [7, 11) is 0. The standard InChI is InChI=1S/C18H14N2O/c21-18(13-10-14-6-2-1-3-7-14)20-17-12-11-15-8-4-5-9-16(15)19-17/h1-13H,(H,19,20,21). The average Bonchev–Trinajstić information content (AvgIpc) is 2.54. The van der Waals surface area contributed by atoms with E-state index in [-0.39, 0.29) is 5.91 Å². The zero-order chi connectivity index (χ0) is 14.5. The van der Waals surface area contributed by atoms with E-state index >= 15 is 0 Å². The molecule has 2 aromatic carbocycles. The van der Waals surface area contributed by atoms with Gasteiger partial charge in [0.1, 0.15) is 5.82 Å². The van der Waals surface area contributed by atoms with Crippen LogP contribution in [0.5, 0.6) is 0 Å². The van der Waals surface area contributed by atoms with Crippen LogP contribution in [0.1, 0.15) is 5.56 Å². The largest absolute Gasteiger partial charge is 0.307 e. The molecule has 1 heterocycles. The molecule has 3 rings (SSSR count). The lowest BCUT2D eigenvalue weighted by molar-refractivity contribution is -0.111. The van der Waals surface area contributed by atoms with Crippen LogP contribution in [0.2, 0.25) is 0 Å². The van der Waals surface area contributed by atoms with Gasteiger partial charge in [0.25, 0.3) is 0 Å². The van der Waals surface area contributed by atoms with Crippen LogP contribution in [0.25, 0.3) is 17.0 Å². The third-order valence-electron chi connectivity index (χ3n) is 3.08. The Labute approximate surface area is 123 Å². The normalized spacial score (nSPS) is 10.9. The van der Waals surface area contributed by atoms with Gasteiger partial charge in [-0.25, -0.2) is 4.98 Å².